The van der Waals surface area contributed by atoms with E-state index in [1.165, 1.54) is 0 Å². The third-order valence-corrected chi connectivity index (χ3v) is 6.88. The summed E-state index contributed by atoms with van der Waals surface area (Å²) in [5.74, 6) is -2.84. The van der Waals surface area contributed by atoms with Crippen LogP contribution in [0.3, 0.4) is 0 Å². The zero-order valence-corrected chi connectivity index (χ0v) is 17.3. The van der Waals surface area contributed by atoms with E-state index in [9.17, 15) is 19.8 Å². The summed E-state index contributed by atoms with van der Waals surface area (Å²) in [6.07, 6.45) is 6.48. The van der Waals surface area contributed by atoms with Crippen molar-refractivity contribution in [1.29, 1.82) is 0 Å². The van der Waals surface area contributed by atoms with Crippen LogP contribution in [-0.4, -0.2) is 22.2 Å². The highest BCUT2D eigenvalue weighted by molar-refractivity contribution is 6.30. The van der Waals surface area contributed by atoms with Gasteiger partial charge in [-0.15, -0.1) is 0 Å². The molecule has 28 heavy (non-hydrogen) atoms. The molecule has 0 aliphatic heterocycles. The van der Waals surface area contributed by atoms with Crippen LogP contribution in [0.15, 0.2) is 41.0 Å². The van der Waals surface area contributed by atoms with Gasteiger partial charge in [-0.3, -0.25) is 4.79 Å². The normalized spacial score (nSPS) is 26.1. The number of carboxylic acid groups (broad SMARTS) is 2. The van der Waals surface area contributed by atoms with Crippen molar-refractivity contribution >= 4 is 23.5 Å². The molecule has 4 nitrogen and oxygen atoms in total. The average Bonchev–Trinajstić information content (AvgIpc) is 2.64. The Bertz CT molecular complexity index is 877. The summed E-state index contributed by atoms with van der Waals surface area (Å²) in [4.78, 5) is 25.2. The Kier molecular flexibility index (Phi) is 5.72. The molecule has 0 amide bonds. The van der Waals surface area contributed by atoms with Gasteiger partial charge in [0.25, 0.3) is 0 Å². The van der Waals surface area contributed by atoms with Crippen molar-refractivity contribution in [2.24, 2.45) is 11.3 Å². The summed E-state index contributed by atoms with van der Waals surface area (Å²) >= 11 is 6.13. The van der Waals surface area contributed by atoms with E-state index in [-0.39, 0.29) is 11.5 Å². The number of carboxylic acids is 2. The SMILES string of the molecule is CC1=CC(C(=O)O)(C2CCCCC2)C(c2ccc(Cl)cc2C)C(C(=O)O)=C1C. The Hall–Kier alpha value is -2.07. The smallest absolute Gasteiger partial charge is 0.332 e. The first-order valence-corrected chi connectivity index (χ1v) is 10.2. The zero-order chi connectivity index (χ0) is 20.6. The monoisotopic (exact) mass is 402 g/mol. The van der Waals surface area contributed by atoms with Crippen LogP contribution in [0.2, 0.25) is 5.02 Å². The van der Waals surface area contributed by atoms with Gasteiger partial charge in [-0.1, -0.05) is 48.6 Å². The van der Waals surface area contributed by atoms with Crippen molar-refractivity contribution in [3.05, 3.63) is 57.1 Å². The van der Waals surface area contributed by atoms with Crippen molar-refractivity contribution in [3.63, 3.8) is 0 Å². The van der Waals surface area contributed by atoms with Gasteiger partial charge in [0.1, 0.15) is 5.41 Å². The van der Waals surface area contributed by atoms with Crippen molar-refractivity contribution in [1.82, 2.24) is 0 Å². The van der Waals surface area contributed by atoms with Crippen molar-refractivity contribution in [2.45, 2.75) is 58.8 Å². The summed E-state index contributed by atoms with van der Waals surface area (Å²) in [7, 11) is 0. The van der Waals surface area contributed by atoms with Gasteiger partial charge in [0.15, 0.2) is 0 Å². The van der Waals surface area contributed by atoms with Crippen LogP contribution in [0.4, 0.5) is 0 Å². The van der Waals surface area contributed by atoms with Crippen LogP contribution < -0.4 is 0 Å². The number of aryl methyl sites for hydroxylation is 1. The van der Waals surface area contributed by atoms with Crippen LogP contribution in [0.5, 0.6) is 0 Å². The van der Waals surface area contributed by atoms with E-state index in [2.05, 4.69) is 0 Å². The molecule has 0 heterocycles. The first-order chi connectivity index (χ1) is 13.2. The first kappa shape index (κ1) is 20.7. The van der Waals surface area contributed by atoms with E-state index >= 15 is 0 Å². The van der Waals surface area contributed by atoms with E-state index in [0.29, 0.717) is 10.6 Å². The summed E-state index contributed by atoms with van der Waals surface area (Å²) < 4.78 is 0. The molecule has 150 valence electrons. The van der Waals surface area contributed by atoms with Crippen LogP contribution in [0.1, 0.15) is 63.0 Å². The quantitative estimate of drug-likeness (QED) is 0.672. The Labute approximate surface area is 170 Å². The fourth-order valence-electron chi connectivity index (χ4n) is 5.17. The lowest BCUT2D eigenvalue weighted by atomic mass is 9.55. The van der Waals surface area contributed by atoms with E-state index in [4.69, 9.17) is 11.6 Å². The Morgan fingerprint density at radius 2 is 1.71 bits per heavy atom. The number of rotatable bonds is 4. The number of hydrogen-bond acceptors (Lipinski definition) is 2. The predicted octanol–water partition coefficient (Wildman–Crippen LogP) is 5.74. The topological polar surface area (TPSA) is 74.6 Å². The van der Waals surface area contributed by atoms with Gasteiger partial charge in [-0.05, 0) is 68.4 Å². The first-order valence-electron chi connectivity index (χ1n) is 9.83. The van der Waals surface area contributed by atoms with Gasteiger partial charge in [-0.2, -0.15) is 0 Å². The molecule has 0 saturated heterocycles. The molecule has 2 N–H and O–H groups in total. The molecule has 0 bridgehead atoms. The van der Waals surface area contributed by atoms with Crippen LogP contribution in [-0.2, 0) is 9.59 Å². The number of carbonyl (C=O) groups is 2. The molecule has 1 aromatic rings. The van der Waals surface area contributed by atoms with E-state index in [0.717, 1.165) is 48.8 Å². The predicted molar refractivity (Wildman–Crippen MR) is 110 cm³/mol. The highest BCUT2D eigenvalue weighted by Crippen LogP contribution is 2.56. The molecule has 2 aliphatic carbocycles. The maximum Gasteiger partial charge on any atom is 0.332 e. The molecule has 1 fully saturated rings. The fraction of sp³-hybridized carbons (Fsp3) is 0.478. The average molecular weight is 403 g/mol. The molecule has 2 aliphatic rings. The van der Waals surface area contributed by atoms with Crippen LogP contribution in [0.25, 0.3) is 0 Å². The van der Waals surface area contributed by atoms with E-state index < -0.39 is 23.3 Å². The molecule has 3 rings (SSSR count). The van der Waals surface area contributed by atoms with Crippen LogP contribution >= 0.6 is 11.6 Å². The Morgan fingerprint density at radius 3 is 2.25 bits per heavy atom. The summed E-state index contributed by atoms with van der Waals surface area (Å²) in [5.41, 5.74) is 1.87. The summed E-state index contributed by atoms with van der Waals surface area (Å²) in [6.45, 7) is 5.47. The zero-order valence-electron chi connectivity index (χ0n) is 16.6. The lowest BCUT2D eigenvalue weighted by molar-refractivity contribution is -0.151. The van der Waals surface area contributed by atoms with Crippen molar-refractivity contribution in [2.75, 3.05) is 0 Å². The van der Waals surface area contributed by atoms with Gasteiger partial charge in [-0.25, -0.2) is 4.79 Å². The minimum Gasteiger partial charge on any atom is -0.481 e. The maximum absolute atomic E-state index is 12.9. The Morgan fingerprint density at radius 1 is 1.07 bits per heavy atom. The molecular formula is C23H27ClO4. The van der Waals surface area contributed by atoms with E-state index in [1.54, 1.807) is 25.1 Å². The van der Waals surface area contributed by atoms with Gasteiger partial charge in [0.2, 0.25) is 0 Å². The molecule has 0 radical (unpaired) electrons. The molecule has 2 atom stereocenters. The van der Waals surface area contributed by atoms with Gasteiger partial charge in [0, 0.05) is 16.5 Å². The highest BCUT2D eigenvalue weighted by atomic mass is 35.5. The number of allylic oxidation sites excluding steroid dienone is 2. The lowest BCUT2D eigenvalue weighted by Gasteiger charge is -2.46. The number of halogens is 1. The minimum absolute atomic E-state index is 0.101. The van der Waals surface area contributed by atoms with Gasteiger partial charge in [0.05, 0.1) is 0 Å². The lowest BCUT2D eigenvalue weighted by Crippen LogP contribution is -2.47. The third-order valence-electron chi connectivity index (χ3n) is 6.64. The molecule has 2 unspecified atom stereocenters. The second kappa shape index (κ2) is 7.75. The van der Waals surface area contributed by atoms with E-state index in [1.807, 2.05) is 19.9 Å². The van der Waals surface area contributed by atoms with Gasteiger partial charge < -0.3 is 10.2 Å². The largest absolute Gasteiger partial charge is 0.481 e. The Balaban J connectivity index is 2.34. The number of benzene rings is 1. The summed E-state index contributed by atoms with van der Waals surface area (Å²) in [6, 6.07) is 5.30. The second-order valence-electron chi connectivity index (χ2n) is 8.18. The summed E-state index contributed by atoms with van der Waals surface area (Å²) in [5, 5.41) is 21.2. The highest BCUT2D eigenvalue weighted by Gasteiger charge is 2.55. The third kappa shape index (κ3) is 3.28. The standard InChI is InChI=1S/C23H27ClO4/c1-13-11-17(24)9-10-18(13)20-19(21(25)26)15(3)14(2)12-23(20,22(27)28)16-7-5-4-6-8-16/h9-12,16,20H,4-8H2,1-3H3,(H,25,26)(H,27,28). The van der Waals surface area contributed by atoms with Crippen LogP contribution in [0, 0.1) is 18.3 Å². The molecule has 0 spiro atoms. The van der Waals surface area contributed by atoms with Crippen molar-refractivity contribution < 1.29 is 19.8 Å². The molecule has 1 saturated carbocycles. The fourth-order valence-corrected chi connectivity index (χ4v) is 5.40. The second-order valence-corrected chi connectivity index (χ2v) is 8.61. The molecule has 5 heteroatoms. The molecule has 0 aromatic heterocycles. The number of aliphatic carboxylic acids is 2. The van der Waals surface area contributed by atoms with Gasteiger partial charge >= 0.3 is 11.9 Å². The molecule has 1 aromatic carbocycles. The molecular weight excluding hydrogens is 376 g/mol. The number of hydrogen-bond donors (Lipinski definition) is 2. The van der Waals surface area contributed by atoms with Crippen molar-refractivity contribution in [3.8, 4) is 0 Å². The maximum atomic E-state index is 12.9. The minimum atomic E-state index is -1.27.